The average Bonchev–Trinajstić information content (AvgIpc) is 2.66. The Kier molecular flexibility index (Phi) is 3.14. The van der Waals surface area contributed by atoms with Crippen molar-refractivity contribution in [1.29, 1.82) is 0 Å². The van der Waals surface area contributed by atoms with Gasteiger partial charge in [0.05, 0.1) is 16.8 Å². The topological polar surface area (TPSA) is 41.8 Å². The Morgan fingerprint density at radius 3 is 2.80 bits per heavy atom. The molecule has 1 heterocycles. The molecule has 15 heavy (non-hydrogen) atoms. The molecular weight excluding hydrogens is 208 g/mol. The fourth-order valence-corrected chi connectivity index (χ4v) is 1.61. The molecule has 1 aromatic rings. The second kappa shape index (κ2) is 4.75. The van der Waals surface area contributed by atoms with Crippen molar-refractivity contribution in [2.75, 3.05) is 7.05 Å². The zero-order chi connectivity index (χ0) is 10.5. The fraction of sp³-hybridized carbons (Fsp3) is 0.100. The summed E-state index contributed by atoms with van der Waals surface area (Å²) in [7, 11) is 1.88. The first-order valence-electron chi connectivity index (χ1n) is 4.46. The lowest BCUT2D eigenvalue weighted by atomic mass is 10.3. The van der Waals surface area contributed by atoms with E-state index in [9.17, 15) is 0 Å². The predicted octanol–water partition coefficient (Wildman–Crippen LogP) is 3.28. The fourth-order valence-electron chi connectivity index (χ4n) is 1.05. The summed E-state index contributed by atoms with van der Waals surface area (Å²) in [6.45, 7) is 0. The van der Waals surface area contributed by atoms with Gasteiger partial charge in [-0.1, -0.05) is 18.2 Å². The molecule has 0 saturated carbocycles. The molecule has 0 N–H and O–H groups in total. The molecule has 1 aliphatic rings. The van der Waals surface area contributed by atoms with Gasteiger partial charge in [0, 0.05) is 0 Å². The van der Waals surface area contributed by atoms with E-state index in [-0.39, 0.29) is 0 Å². The smallest absolute Gasteiger partial charge is 0.173 e. The van der Waals surface area contributed by atoms with Gasteiger partial charge in [-0.15, -0.1) is 0 Å². The van der Waals surface area contributed by atoms with Gasteiger partial charge < -0.3 is 4.83 Å². The van der Waals surface area contributed by atoms with Crippen LogP contribution in [0.4, 0.5) is 5.69 Å². The predicted molar refractivity (Wildman–Crippen MR) is 62.2 cm³/mol. The van der Waals surface area contributed by atoms with E-state index in [4.69, 9.17) is 0 Å². The molecule has 1 aliphatic heterocycles. The van der Waals surface area contributed by atoms with Crippen LogP contribution < -0.4 is 0 Å². The van der Waals surface area contributed by atoms with Gasteiger partial charge in [0.1, 0.15) is 7.05 Å². The first-order chi connectivity index (χ1) is 7.34. The molecule has 0 bridgehead atoms. The van der Waals surface area contributed by atoms with E-state index in [0.717, 1.165) is 10.6 Å². The monoisotopic (exact) mass is 218 g/mol. The lowest BCUT2D eigenvalue weighted by molar-refractivity contribution is -0.422. The number of rotatable bonds is 2. The summed E-state index contributed by atoms with van der Waals surface area (Å²) in [5.74, 6) is 0. The molecule has 1 aromatic carbocycles. The molecule has 0 unspecified atom stereocenters. The summed E-state index contributed by atoms with van der Waals surface area (Å²) in [6, 6.07) is 9.63. The third-order valence-corrected chi connectivity index (χ3v) is 2.46. The van der Waals surface area contributed by atoms with E-state index in [2.05, 4.69) is 15.1 Å². The van der Waals surface area contributed by atoms with Crippen LogP contribution in [0.5, 0.6) is 0 Å². The molecule has 0 radical (unpaired) electrons. The maximum absolute atomic E-state index is 4.07. The Morgan fingerprint density at radius 2 is 2.13 bits per heavy atom. The first-order valence-corrected chi connectivity index (χ1v) is 5.24. The van der Waals surface area contributed by atoms with Crippen LogP contribution >= 0.6 is 11.9 Å². The minimum atomic E-state index is 0.850. The summed E-state index contributed by atoms with van der Waals surface area (Å²) >= 11 is 1.39. The summed E-state index contributed by atoms with van der Waals surface area (Å²) in [4.78, 5) is 5.05. The Morgan fingerprint density at radius 1 is 1.33 bits per heavy atom. The zero-order valence-electron chi connectivity index (χ0n) is 8.24. The Hall–Kier alpha value is -1.62. The second-order valence-corrected chi connectivity index (χ2v) is 3.78. The number of hydrogen-bond donors (Lipinski definition) is 0. The Labute approximate surface area is 92.5 Å². The number of hydrogen-bond acceptors (Lipinski definition) is 3. The van der Waals surface area contributed by atoms with Crippen molar-refractivity contribution in [1.82, 2.24) is 0 Å². The van der Waals surface area contributed by atoms with E-state index in [1.165, 1.54) is 11.9 Å². The van der Waals surface area contributed by atoms with Crippen molar-refractivity contribution in [2.24, 2.45) is 10.2 Å². The van der Waals surface area contributed by atoms with Crippen LogP contribution in [0, 0.1) is 0 Å². The molecule has 2 rings (SSSR count). The molecule has 0 amide bonds. The average molecular weight is 218 g/mol. The zero-order valence-corrected chi connectivity index (χ0v) is 9.06. The highest BCUT2D eigenvalue weighted by atomic mass is 32.2. The Balaban J connectivity index is 2.02. The van der Waals surface area contributed by atoms with Crippen LogP contribution in [0.25, 0.3) is 4.83 Å². The lowest BCUT2D eigenvalue weighted by Crippen LogP contribution is -1.89. The van der Waals surface area contributed by atoms with E-state index in [1.54, 1.807) is 10.9 Å². The molecule has 5 heteroatoms. The van der Waals surface area contributed by atoms with E-state index in [0.29, 0.717) is 0 Å². The van der Waals surface area contributed by atoms with E-state index < -0.39 is 0 Å². The van der Waals surface area contributed by atoms with Gasteiger partial charge in [0.25, 0.3) is 0 Å². The molecule has 0 aliphatic carbocycles. The van der Waals surface area contributed by atoms with Gasteiger partial charge in [-0.05, 0) is 12.1 Å². The minimum absolute atomic E-state index is 0.850. The highest BCUT2D eigenvalue weighted by Crippen LogP contribution is 2.26. The van der Waals surface area contributed by atoms with Gasteiger partial charge in [-0.25, -0.2) is 0 Å². The minimum Gasteiger partial charge on any atom is -0.378 e. The number of allylic oxidation sites excluding steroid dienone is 1. The molecule has 0 spiro atoms. The summed E-state index contributed by atoms with van der Waals surface area (Å²) < 4.78 is 1.74. The molecule has 0 aromatic heterocycles. The summed E-state index contributed by atoms with van der Waals surface area (Å²) in [5.41, 5.74) is 0.850. The van der Waals surface area contributed by atoms with Crippen LogP contribution in [0.2, 0.25) is 0 Å². The normalized spacial score (nSPS) is 18.2. The van der Waals surface area contributed by atoms with Crippen molar-refractivity contribution in [2.45, 2.75) is 0 Å². The van der Waals surface area contributed by atoms with Gasteiger partial charge in [-0.3, -0.25) is 4.68 Å². The van der Waals surface area contributed by atoms with Crippen LogP contribution in [0.1, 0.15) is 0 Å². The highest BCUT2D eigenvalue weighted by Gasteiger charge is 2.00. The maximum atomic E-state index is 4.07. The van der Waals surface area contributed by atoms with E-state index in [1.807, 2.05) is 43.6 Å². The molecular formula is C10H10N4S. The van der Waals surface area contributed by atoms with Crippen molar-refractivity contribution in [3.63, 3.8) is 0 Å². The quantitative estimate of drug-likeness (QED) is 0.426. The Bertz CT molecular complexity index is 422. The van der Waals surface area contributed by atoms with Crippen molar-refractivity contribution in [3.8, 4) is 0 Å². The maximum Gasteiger partial charge on any atom is 0.173 e. The van der Waals surface area contributed by atoms with E-state index >= 15 is 0 Å². The van der Waals surface area contributed by atoms with Gasteiger partial charge in [0.15, 0.2) is 6.21 Å². The standard InChI is InChI=1S/C10H10N4S/c1-14-8-10(15-13-14)7-11-12-9-5-3-2-4-6-9/h2-8H,1H3/b10-7-,12-11?. The van der Waals surface area contributed by atoms with Crippen molar-refractivity contribution < 1.29 is 4.68 Å². The van der Waals surface area contributed by atoms with Gasteiger partial charge in [0.2, 0.25) is 0 Å². The van der Waals surface area contributed by atoms with Crippen LogP contribution in [0.15, 0.2) is 51.7 Å². The third-order valence-electron chi connectivity index (χ3n) is 1.70. The summed E-state index contributed by atoms with van der Waals surface area (Å²) in [5, 5.41) is 8.03. The number of benzene rings is 1. The molecule has 4 nitrogen and oxygen atoms in total. The van der Waals surface area contributed by atoms with Crippen molar-refractivity contribution in [3.05, 3.63) is 46.3 Å². The second-order valence-electron chi connectivity index (χ2n) is 2.96. The highest BCUT2D eigenvalue weighted by molar-refractivity contribution is 8.06. The SMILES string of the molecule is C[N+]1=C/C(=C/N=Nc2ccccc2)S[N-]1. The lowest BCUT2D eigenvalue weighted by Gasteiger charge is -1.99. The van der Waals surface area contributed by atoms with Gasteiger partial charge in [-0.2, -0.15) is 22.2 Å². The van der Waals surface area contributed by atoms with Crippen LogP contribution in [0.3, 0.4) is 0 Å². The van der Waals surface area contributed by atoms with Gasteiger partial charge >= 0.3 is 0 Å². The van der Waals surface area contributed by atoms with Crippen molar-refractivity contribution >= 4 is 23.8 Å². The largest absolute Gasteiger partial charge is 0.378 e. The third kappa shape index (κ3) is 2.92. The first kappa shape index (κ1) is 9.92. The van der Waals surface area contributed by atoms with Crippen LogP contribution in [-0.4, -0.2) is 17.9 Å². The summed E-state index contributed by atoms with van der Waals surface area (Å²) in [6.07, 6.45) is 3.60. The molecule has 0 atom stereocenters. The molecule has 0 fully saturated rings. The van der Waals surface area contributed by atoms with Crippen LogP contribution in [-0.2, 0) is 0 Å². The molecule has 0 saturated heterocycles. The molecule has 76 valence electrons. The number of azo groups is 1. The number of nitrogens with zero attached hydrogens (tertiary/aromatic N) is 4.